The molecule has 80 valence electrons. The molecule has 0 aromatic heterocycles. The van der Waals surface area contributed by atoms with Gasteiger partial charge in [-0.05, 0) is 13.3 Å². The molecular weight excluding hydrogens is 187 g/mol. The minimum absolute atomic E-state index is 0.0585. The van der Waals surface area contributed by atoms with Crippen molar-refractivity contribution in [2.24, 2.45) is 0 Å². The summed E-state index contributed by atoms with van der Waals surface area (Å²) in [5.41, 5.74) is 0. The molecule has 0 radical (unpaired) electrons. The zero-order valence-corrected chi connectivity index (χ0v) is 9.84. The van der Waals surface area contributed by atoms with Crippen molar-refractivity contribution in [1.82, 2.24) is 0 Å². The molecule has 2 atom stereocenters. The second-order valence-corrected chi connectivity index (χ2v) is 4.38. The SMILES string of the molecule is CCCCCCC(C)O[PH](=O)OC. The van der Waals surface area contributed by atoms with Gasteiger partial charge in [0, 0.05) is 7.11 Å². The molecule has 13 heavy (non-hydrogen) atoms. The lowest BCUT2D eigenvalue weighted by atomic mass is 10.1. The molecule has 0 heterocycles. The van der Waals surface area contributed by atoms with E-state index < -0.39 is 8.25 Å². The second kappa shape index (κ2) is 8.74. The van der Waals surface area contributed by atoms with E-state index in [1.807, 2.05) is 6.92 Å². The van der Waals surface area contributed by atoms with E-state index in [0.29, 0.717) is 0 Å². The number of unbranched alkanes of at least 4 members (excludes halogenated alkanes) is 3. The van der Waals surface area contributed by atoms with Crippen molar-refractivity contribution in [3.8, 4) is 0 Å². The summed E-state index contributed by atoms with van der Waals surface area (Å²) in [6.45, 7) is 4.12. The Kier molecular flexibility index (Phi) is 8.84. The molecule has 0 aromatic rings. The van der Waals surface area contributed by atoms with Crippen molar-refractivity contribution in [1.29, 1.82) is 0 Å². The van der Waals surface area contributed by atoms with Crippen LogP contribution in [0.3, 0.4) is 0 Å². The molecular formula is C9H21O3P. The van der Waals surface area contributed by atoms with E-state index in [9.17, 15) is 4.57 Å². The molecule has 0 saturated heterocycles. The fourth-order valence-electron chi connectivity index (χ4n) is 1.13. The Balaban J connectivity index is 3.29. The van der Waals surface area contributed by atoms with Gasteiger partial charge in [-0.3, -0.25) is 4.57 Å². The summed E-state index contributed by atoms with van der Waals surface area (Å²) >= 11 is 0. The van der Waals surface area contributed by atoms with E-state index >= 15 is 0 Å². The molecule has 0 fully saturated rings. The average Bonchev–Trinajstić information content (AvgIpc) is 2.12. The Labute approximate surface area is 81.8 Å². The van der Waals surface area contributed by atoms with E-state index in [4.69, 9.17) is 4.52 Å². The molecule has 3 nitrogen and oxygen atoms in total. The topological polar surface area (TPSA) is 35.5 Å². The molecule has 0 aliphatic carbocycles. The average molecular weight is 208 g/mol. The van der Waals surface area contributed by atoms with Gasteiger partial charge in [0.15, 0.2) is 0 Å². The minimum Gasteiger partial charge on any atom is -0.314 e. The van der Waals surface area contributed by atoms with Crippen LogP contribution in [-0.2, 0) is 13.6 Å². The van der Waals surface area contributed by atoms with Crippen molar-refractivity contribution in [2.75, 3.05) is 7.11 Å². The first-order chi connectivity index (χ1) is 6.20. The molecule has 0 aliphatic heterocycles. The molecule has 0 rings (SSSR count). The van der Waals surface area contributed by atoms with Crippen LogP contribution in [0.25, 0.3) is 0 Å². The first-order valence-electron chi connectivity index (χ1n) is 4.95. The highest BCUT2D eigenvalue weighted by atomic mass is 31.1. The van der Waals surface area contributed by atoms with Crippen molar-refractivity contribution < 1.29 is 13.6 Å². The fourth-order valence-corrected chi connectivity index (χ4v) is 1.67. The maximum Gasteiger partial charge on any atom is 0.319 e. The number of hydrogen-bond donors (Lipinski definition) is 0. The summed E-state index contributed by atoms with van der Waals surface area (Å²) in [6, 6.07) is 0. The third-order valence-electron chi connectivity index (χ3n) is 1.93. The summed E-state index contributed by atoms with van der Waals surface area (Å²) in [6.07, 6.45) is 5.92. The number of hydrogen-bond acceptors (Lipinski definition) is 3. The smallest absolute Gasteiger partial charge is 0.314 e. The van der Waals surface area contributed by atoms with Gasteiger partial charge in [0.25, 0.3) is 0 Å². The standard InChI is InChI=1S/C9H21O3P/c1-4-5-6-7-8-9(2)12-13(10)11-3/h9,13H,4-8H2,1-3H3. The quantitative estimate of drug-likeness (QED) is 0.453. The third-order valence-corrected chi connectivity index (χ3v) is 2.86. The molecule has 4 heteroatoms. The van der Waals surface area contributed by atoms with Crippen LogP contribution < -0.4 is 0 Å². The summed E-state index contributed by atoms with van der Waals surface area (Å²) < 4.78 is 20.5. The van der Waals surface area contributed by atoms with Gasteiger partial charge >= 0.3 is 8.25 Å². The normalized spacial score (nSPS) is 15.6. The van der Waals surface area contributed by atoms with E-state index in [1.165, 1.54) is 26.4 Å². The highest BCUT2D eigenvalue weighted by Gasteiger charge is 2.05. The summed E-state index contributed by atoms with van der Waals surface area (Å²) in [5, 5.41) is 0. The third kappa shape index (κ3) is 8.48. The summed E-state index contributed by atoms with van der Waals surface area (Å²) in [4.78, 5) is 0. The van der Waals surface area contributed by atoms with Crippen LogP contribution in [0.2, 0.25) is 0 Å². The summed E-state index contributed by atoms with van der Waals surface area (Å²) in [5.74, 6) is 0. The van der Waals surface area contributed by atoms with E-state index in [0.717, 1.165) is 12.8 Å². The van der Waals surface area contributed by atoms with Crippen LogP contribution in [0.5, 0.6) is 0 Å². The highest BCUT2D eigenvalue weighted by Crippen LogP contribution is 2.26. The van der Waals surface area contributed by atoms with Gasteiger partial charge in [-0.1, -0.05) is 32.6 Å². The van der Waals surface area contributed by atoms with E-state index in [-0.39, 0.29) is 6.10 Å². The first-order valence-corrected chi connectivity index (χ1v) is 6.17. The predicted octanol–water partition coefficient (Wildman–Crippen LogP) is 3.40. The van der Waals surface area contributed by atoms with Gasteiger partial charge in [-0.2, -0.15) is 0 Å². The summed E-state index contributed by atoms with van der Waals surface area (Å²) in [7, 11) is -0.812. The lowest BCUT2D eigenvalue weighted by molar-refractivity contribution is 0.180. The lowest BCUT2D eigenvalue weighted by Gasteiger charge is -2.10. The van der Waals surface area contributed by atoms with Crippen molar-refractivity contribution in [3.05, 3.63) is 0 Å². The Hall–Kier alpha value is 0.150. The zero-order chi connectivity index (χ0) is 10.1. The van der Waals surface area contributed by atoms with Crippen molar-refractivity contribution in [3.63, 3.8) is 0 Å². The minimum atomic E-state index is -2.22. The van der Waals surface area contributed by atoms with Crippen LogP contribution >= 0.6 is 8.25 Å². The van der Waals surface area contributed by atoms with E-state index in [2.05, 4.69) is 11.4 Å². The lowest BCUT2D eigenvalue weighted by Crippen LogP contribution is -2.02. The molecule has 0 amide bonds. The molecule has 0 aliphatic rings. The van der Waals surface area contributed by atoms with Gasteiger partial charge < -0.3 is 9.05 Å². The predicted molar refractivity (Wildman–Crippen MR) is 55.3 cm³/mol. The molecule has 0 N–H and O–H groups in total. The molecule has 0 saturated carbocycles. The Bertz CT molecular complexity index is 139. The number of rotatable bonds is 8. The van der Waals surface area contributed by atoms with Crippen LogP contribution in [0.15, 0.2) is 0 Å². The van der Waals surface area contributed by atoms with Gasteiger partial charge in [-0.15, -0.1) is 0 Å². The van der Waals surface area contributed by atoms with Crippen molar-refractivity contribution >= 4 is 8.25 Å². The molecule has 2 unspecified atom stereocenters. The van der Waals surface area contributed by atoms with Crippen LogP contribution in [0.4, 0.5) is 0 Å². The van der Waals surface area contributed by atoms with Crippen molar-refractivity contribution in [2.45, 2.75) is 52.1 Å². The maximum atomic E-state index is 10.9. The molecule has 0 spiro atoms. The first kappa shape index (κ1) is 13.2. The van der Waals surface area contributed by atoms with Gasteiger partial charge in [0.05, 0.1) is 6.10 Å². The highest BCUT2D eigenvalue weighted by molar-refractivity contribution is 7.33. The Morgan fingerprint density at radius 2 is 2.00 bits per heavy atom. The second-order valence-electron chi connectivity index (χ2n) is 3.23. The monoisotopic (exact) mass is 208 g/mol. The van der Waals surface area contributed by atoms with Crippen LogP contribution in [-0.4, -0.2) is 13.2 Å². The largest absolute Gasteiger partial charge is 0.319 e. The Morgan fingerprint density at radius 1 is 1.31 bits per heavy atom. The van der Waals surface area contributed by atoms with Crippen LogP contribution in [0.1, 0.15) is 46.0 Å². The van der Waals surface area contributed by atoms with E-state index in [1.54, 1.807) is 0 Å². The molecule has 0 bridgehead atoms. The zero-order valence-electron chi connectivity index (χ0n) is 8.84. The maximum absolute atomic E-state index is 10.9. The van der Waals surface area contributed by atoms with Gasteiger partial charge in [0.2, 0.25) is 0 Å². The van der Waals surface area contributed by atoms with Gasteiger partial charge in [-0.25, -0.2) is 0 Å². The molecule has 0 aromatic carbocycles. The Morgan fingerprint density at radius 3 is 2.54 bits per heavy atom. The van der Waals surface area contributed by atoms with Gasteiger partial charge in [0.1, 0.15) is 0 Å². The fraction of sp³-hybridized carbons (Fsp3) is 1.00. The van der Waals surface area contributed by atoms with Crippen LogP contribution in [0, 0.1) is 0 Å².